The van der Waals surface area contributed by atoms with E-state index in [1.54, 1.807) is 36.5 Å². The van der Waals surface area contributed by atoms with Crippen LogP contribution in [0.25, 0.3) is 0 Å². The highest BCUT2D eigenvalue weighted by atomic mass is 16.5. The molecule has 0 saturated heterocycles. The van der Waals surface area contributed by atoms with Crippen LogP contribution in [0.2, 0.25) is 0 Å². The van der Waals surface area contributed by atoms with Crippen LogP contribution in [0.3, 0.4) is 0 Å². The molecule has 4 N–H and O–H groups in total. The third-order valence-corrected chi connectivity index (χ3v) is 1.96. The number of nitrogen functional groups attached to an aromatic ring is 2. The minimum absolute atomic E-state index is 0.479. The van der Waals surface area contributed by atoms with Gasteiger partial charge in [-0.15, -0.1) is 10.2 Å². The number of anilines is 2. The molecule has 0 amide bonds. The summed E-state index contributed by atoms with van der Waals surface area (Å²) in [6, 6.07) is 1.72. The molecule has 0 aliphatic rings. The molecule has 0 fully saturated rings. The summed E-state index contributed by atoms with van der Waals surface area (Å²) in [6.45, 7) is 2.82. The standard InChI is InChI=1S/C6H8N2O.C4H8N4/c1-9-6-2-5(7)3-8-4-6;1-2-8-3-6-7-4(8)5/h2-4H,7H2,1H3;3H,2H2,1H3,(H2,5,7). The lowest BCUT2D eigenvalue weighted by molar-refractivity contribution is 0.413. The maximum absolute atomic E-state index is 5.39. The third kappa shape index (κ3) is 3.98. The highest BCUT2D eigenvalue weighted by Gasteiger charge is 1.91. The van der Waals surface area contributed by atoms with E-state index in [1.165, 1.54) is 0 Å². The largest absolute Gasteiger partial charge is 0.495 e. The van der Waals surface area contributed by atoms with E-state index in [9.17, 15) is 0 Å². The van der Waals surface area contributed by atoms with Gasteiger partial charge in [-0.25, -0.2) is 0 Å². The number of nitrogens with two attached hydrogens (primary N) is 2. The Kier molecular flexibility index (Phi) is 4.74. The summed E-state index contributed by atoms with van der Waals surface area (Å²) in [5, 5.41) is 7.16. The zero-order valence-corrected chi connectivity index (χ0v) is 9.87. The Hall–Kier alpha value is -2.31. The summed E-state index contributed by atoms with van der Waals surface area (Å²) in [5.41, 5.74) is 11.4. The summed E-state index contributed by atoms with van der Waals surface area (Å²) in [5.74, 6) is 1.17. The highest BCUT2D eigenvalue weighted by molar-refractivity contribution is 5.39. The molecular weight excluding hydrogens is 220 g/mol. The Morgan fingerprint density at radius 3 is 2.47 bits per heavy atom. The number of aryl methyl sites for hydroxylation is 1. The normalized spacial score (nSPS) is 9.29. The van der Waals surface area contributed by atoms with Crippen molar-refractivity contribution in [3.8, 4) is 5.75 Å². The molecule has 92 valence electrons. The van der Waals surface area contributed by atoms with Crippen LogP contribution in [0.4, 0.5) is 11.6 Å². The molecule has 0 aliphatic heterocycles. The fourth-order valence-electron chi connectivity index (χ4n) is 1.05. The van der Waals surface area contributed by atoms with Crippen LogP contribution in [0, 0.1) is 0 Å². The van der Waals surface area contributed by atoms with Crippen molar-refractivity contribution in [3.05, 3.63) is 24.8 Å². The first-order valence-electron chi connectivity index (χ1n) is 5.05. The Morgan fingerprint density at radius 2 is 2.12 bits per heavy atom. The first kappa shape index (κ1) is 12.8. The van der Waals surface area contributed by atoms with E-state index in [2.05, 4.69) is 15.2 Å². The molecule has 0 radical (unpaired) electrons. The monoisotopic (exact) mass is 236 g/mol. The summed E-state index contributed by atoms with van der Waals surface area (Å²) in [7, 11) is 1.58. The molecule has 0 aliphatic carbocycles. The van der Waals surface area contributed by atoms with Crippen LogP contribution in [0.1, 0.15) is 6.92 Å². The van der Waals surface area contributed by atoms with Crippen LogP contribution in [-0.4, -0.2) is 26.9 Å². The summed E-state index contributed by atoms with van der Waals surface area (Å²) >= 11 is 0. The van der Waals surface area contributed by atoms with E-state index in [-0.39, 0.29) is 0 Å². The van der Waals surface area contributed by atoms with Crippen molar-refractivity contribution in [2.45, 2.75) is 13.5 Å². The lowest BCUT2D eigenvalue weighted by Gasteiger charge is -1.97. The lowest BCUT2D eigenvalue weighted by atomic mass is 10.4. The second-order valence-corrected chi connectivity index (χ2v) is 3.13. The third-order valence-electron chi connectivity index (χ3n) is 1.96. The van der Waals surface area contributed by atoms with Gasteiger partial charge in [0.2, 0.25) is 5.95 Å². The number of pyridine rings is 1. The van der Waals surface area contributed by atoms with Gasteiger partial charge in [0.1, 0.15) is 12.1 Å². The van der Waals surface area contributed by atoms with Crippen molar-refractivity contribution in [3.63, 3.8) is 0 Å². The van der Waals surface area contributed by atoms with Crippen molar-refractivity contribution in [2.24, 2.45) is 0 Å². The fourth-order valence-corrected chi connectivity index (χ4v) is 1.05. The zero-order valence-electron chi connectivity index (χ0n) is 9.87. The van der Waals surface area contributed by atoms with Crippen LogP contribution in [0.5, 0.6) is 5.75 Å². The molecule has 0 spiro atoms. The van der Waals surface area contributed by atoms with Gasteiger partial charge in [0.25, 0.3) is 0 Å². The molecule has 2 aromatic rings. The van der Waals surface area contributed by atoms with Gasteiger partial charge in [0.15, 0.2) is 0 Å². The molecule has 7 heteroatoms. The SMILES string of the molecule is CCn1cnnc1N.COc1cncc(N)c1. The van der Waals surface area contributed by atoms with Crippen LogP contribution < -0.4 is 16.2 Å². The smallest absolute Gasteiger partial charge is 0.221 e. The van der Waals surface area contributed by atoms with Gasteiger partial charge in [-0.3, -0.25) is 4.98 Å². The Labute approximate surface area is 99.4 Å². The number of methoxy groups -OCH3 is 1. The molecule has 0 bridgehead atoms. The molecule has 0 saturated carbocycles. The van der Waals surface area contributed by atoms with Gasteiger partial charge in [0.05, 0.1) is 25.2 Å². The highest BCUT2D eigenvalue weighted by Crippen LogP contribution is 2.10. The van der Waals surface area contributed by atoms with E-state index in [1.807, 2.05) is 6.92 Å². The molecular formula is C10H16N6O. The van der Waals surface area contributed by atoms with Crippen molar-refractivity contribution in [1.29, 1.82) is 0 Å². The number of ether oxygens (including phenoxy) is 1. The van der Waals surface area contributed by atoms with Gasteiger partial charge in [-0.2, -0.15) is 0 Å². The first-order chi connectivity index (χ1) is 8.17. The van der Waals surface area contributed by atoms with Crippen LogP contribution in [-0.2, 0) is 6.54 Å². The number of hydrogen-bond donors (Lipinski definition) is 2. The van der Waals surface area contributed by atoms with Gasteiger partial charge in [-0.05, 0) is 6.92 Å². The maximum atomic E-state index is 5.39. The average Bonchev–Trinajstić information content (AvgIpc) is 2.75. The minimum atomic E-state index is 0.479. The zero-order chi connectivity index (χ0) is 12.7. The Bertz CT molecular complexity index is 456. The van der Waals surface area contributed by atoms with Crippen molar-refractivity contribution in [1.82, 2.24) is 19.7 Å². The summed E-state index contributed by atoms with van der Waals surface area (Å²) in [6.07, 6.45) is 4.79. The Morgan fingerprint density at radius 1 is 1.35 bits per heavy atom. The van der Waals surface area contributed by atoms with E-state index in [0.717, 1.165) is 6.54 Å². The van der Waals surface area contributed by atoms with Crippen molar-refractivity contribution >= 4 is 11.6 Å². The number of hydrogen-bond acceptors (Lipinski definition) is 6. The van der Waals surface area contributed by atoms with E-state index in [4.69, 9.17) is 16.2 Å². The van der Waals surface area contributed by atoms with Crippen LogP contribution in [0.15, 0.2) is 24.8 Å². The van der Waals surface area contributed by atoms with E-state index in [0.29, 0.717) is 17.4 Å². The number of rotatable bonds is 2. The topological polar surface area (TPSA) is 105 Å². The second kappa shape index (κ2) is 6.31. The first-order valence-corrected chi connectivity index (χ1v) is 5.05. The number of aromatic nitrogens is 4. The predicted molar refractivity (Wildman–Crippen MR) is 65.3 cm³/mol. The summed E-state index contributed by atoms with van der Waals surface area (Å²) < 4.78 is 6.62. The van der Waals surface area contributed by atoms with Gasteiger partial charge >= 0.3 is 0 Å². The predicted octanol–water partition coefficient (Wildman–Crippen LogP) is 0.553. The molecule has 2 aromatic heterocycles. The lowest BCUT2D eigenvalue weighted by Crippen LogP contribution is -1.98. The maximum Gasteiger partial charge on any atom is 0.221 e. The minimum Gasteiger partial charge on any atom is -0.495 e. The van der Waals surface area contributed by atoms with Gasteiger partial charge in [-0.1, -0.05) is 0 Å². The van der Waals surface area contributed by atoms with E-state index >= 15 is 0 Å². The molecule has 0 unspecified atom stereocenters. The fraction of sp³-hybridized carbons (Fsp3) is 0.300. The van der Waals surface area contributed by atoms with Crippen molar-refractivity contribution < 1.29 is 4.74 Å². The molecule has 2 rings (SSSR count). The molecule has 0 aromatic carbocycles. The molecule has 17 heavy (non-hydrogen) atoms. The van der Waals surface area contributed by atoms with Gasteiger partial charge < -0.3 is 20.8 Å². The molecule has 0 atom stereocenters. The van der Waals surface area contributed by atoms with Gasteiger partial charge in [0, 0.05) is 12.6 Å². The van der Waals surface area contributed by atoms with E-state index < -0.39 is 0 Å². The average molecular weight is 236 g/mol. The molecule has 2 heterocycles. The Balaban J connectivity index is 0.000000171. The number of nitrogens with zero attached hydrogens (tertiary/aromatic N) is 4. The quantitative estimate of drug-likeness (QED) is 0.789. The molecule has 7 nitrogen and oxygen atoms in total. The van der Waals surface area contributed by atoms with Crippen molar-refractivity contribution in [2.75, 3.05) is 18.6 Å². The van der Waals surface area contributed by atoms with Crippen LogP contribution >= 0.6 is 0 Å². The summed E-state index contributed by atoms with van der Waals surface area (Å²) in [4.78, 5) is 3.81. The second-order valence-electron chi connectivity index (χ2n) is 3.13.